The second kappa shape index (κ2) is 3.39. The summed E-state index contributed by atoms with van der Waals surface area (Å²) in [6.45, 7) is 4.39. The first-order valence-electron chi connectivity index (χ1n) is 3.38. The van der Waals surface area contributed by atoms with Gasteiger partial charge in [0.25, 0.3) is 0 Å². The SMILES string of the molecule is CCC(C)c1cnc(S)s1. The highest BCUT2D eigenvalue weighted by Gasteiger charge is 2.05. The van der Waals surface area contributed by atoms with Crippen LogP contribution in [0.1, 0.15) is 31.1 Å². The molecular formula is C7H11NS2. The van der Waals surface area contributed by atoms with Crippen LogP contribution < -0.4 is 0 Å². The zero-order valence-electron chi connectivity index (χ0n) is 6.16. The van der Waals surface area contributed by atoms with Gasteiger partial charge in [-0.3, -0.25) is 0 Å². The molecule has 0 saturated heterocycles. The molecule has 0 aliphatic rings. The van der Waals surface area contributed by atoms with Crippen LogP contribution in [0.2, 0.25) is 0 Å². The summed E-state index contributed by atoms with van der Waals surface area (Å²) in [5, 5.41) is 0. The molecule has 1 unspecified atom stereocenters. The van der Waals surface area contributed by atoms with E-state index in [2.05, 4.69) is 31.5 Å². The number of nitrogens with zero attached hydrogens (tertiary/aromatic N) is 1. The van der Waals surface area contributed by atoms with Gasteiger partial charge in [0.1, 0.15) is 4.34 Å². The Morgan fingerprint density at radius 2 is 2.50 bits per heavy atom. The van der Waals surface area contributed by atoms with Crippen LogP contribution >= 0.6 is 24.0 Å². The molecule has 1 nitrogen and oxygen atoms in total. The molecule has 0 amide bonds. The fourth-order valence-corrected chi connectivity index (χ4v) is 1.87. The Hall–Kier alpha value is -0.0200. The van der Waals surface area contributed by atoms with Gasteiger partial charge in [-0.25, -0.2) is 4.98 Å². The lowest BCUT2D eigenvalue weighted by molar-refractivity contribution is 0.746. The van der Waals surface area contributed by atoms with Crippen molar-refractivity contribution in [3.8, 4) is 0 Å². The summed E-state index contributed by atoms with van der Waals surface area (Å²) in [6, 6.07) is 0. The molecule has 1 rings (SSSR count). The minimum atomic E-state index is 0.637. The van der Waals surface area contributed by atoms with Crippen molar-refractivity contribution in [2.24, 2.45) is 0 Å². The highest BCUT2D eigenvalue weighted by molar-refractivity contribution is 7.82. The van der Waals surface area contributed by atoms with E-state index < -0.39 is 0 Å². The fraction of sp³-hybridized carbons (Fsp3) is 0.571. The Balaban J connectivity index is 2.74. The van der Waals surface area contributed by atoms with Crippen LogP contribution in [0.15, 0.2) is 10.5 Å². The monoisotopic (exact) mass is 173 g/mol. The van der Waals surface area contributed by atoms with Gasteiger partial charge >= 0.3 is 0 Å². The molecule has 0 fully saturated rings. The van der Waals surface area contributed by atoms with Gasteiger partial charge in [0.15, 0.2) is 0 Å². The van der Waals surface area contributed by atoms with Crippen LogP contribution in [-0.2, 0) is 0 Å². The summed E-state index contributed by atoms with van der Waals surface area (Å²) in [4.78, 5) is 5.41. The molecule has 56 valence electrons. The minimum absolute atomic E-state index is 0.637. The zero-order chi connectivity index (χ0) is 7.56. The van der Waals surface area contributed by atoms with Gasteiger partial charge in [-0.2, -0.15) is 0 Å². The Kier molecular flexibility index (Phi) is 2.74. The van der Waals surface area contributed by atoms with Gasteiger partial charge < -0.3 is 0 Å². The third kappa shape index (κ3) is 1.73. The van der Waals surface area contributed by atoms with Crippen LogP contribution in [0.4, 0.5) is 0 Å². The topological polar surface area (TPSA) is 12.9 Å². The maximum Gasteiger partial charge on any atom is 0.146 e. The van der Waals surface area contributed by atoms with Crippen molar-refractivity contribution in [1.29, 1.82) is 0 Å². The quantitative estimate of drug-likeness (QED) is 0.678. The maximum atomic E-state index is 4.15. The lowest BCUT2D eigenvalue weighted by Crippen LogP contribution is -1.84. The third-order valence-electron chi connectivity index (χ3n) is 1.61. The van der Waals surface area contributed by atoms with Crippen molar-refractivity contribution < 1.29 is 0 Å². The van der Waals surface area contributed by atoms with Gasteiger partial charge in [-0.1, -0.05) is 13.8 Å². The van der Waals surface area contributed by atoms with E-state index in [4.69, 9.17) is 0 Å². The van der Waals surface area contributed by atoms with E-state index in [9.17, 15) is 0 Å². The van der Waals surface area contributed by atoms with Gasteiger partial charge in [0.2, 0.25) is 0 Å². The van der Waals surface area contributed by atoms with E-state index in [1.807, 2.05) is 6.20 Å². The molecular weight excluding hydrogens is 162 g/mol. The molecule has 0 N–H and O–H groups in total. The largest absolute Gasteiger partial charge is 0.238 e. The van der Waals surface area contributed by atoms with Crippen molar-refractivity contribution in [2.75, 3.05) is 0 Å². The highest BCUT2D eigenvalue weighted by Crippen LogP contribution is 2.25. The van der Waals surface area contributed by atoms with E-state index in [1.54, 1.807) is 11.3 Å². The molecule has 1 heterocycles. The number of thiol groups is 1. The molecule has 0 aliphatic carbocycles. The molecule has 1 aromatic rings. The number of aromatic nitrogens is 1. The minimum Gasteiger partial charge on any atom is -0.238 e. The molecule has 1 aromatic heterocycles. The summed E-state index contributed by atoms with van der Waals surface area (Å²) >= 11 is 5.82. The van der Waals surface area contributed by atoms with E-state index >= 15 is 0 Å². The normalized spacial score (nSPS) is 13.5. The molecule has 1 atom stereocenters. The predicted octanol–water partition coefficient (Wildman–Crippen LogP) is 2.95. The average Bonchev–Trinajstić information content (AvgIpc) is 2.34. The molecule has 0 aromatic carbocycles. The first-order chi connectivity index (χ1) is 4.74. The van der Waals surface area contributed by atoms with Gasteiger partial charge in [0, 0.05) is 11.1 Å². The first-order valence-corrected chi connectivity index (χ1v) is 4.65. The Morgan fingerprint density at radius 1 is 1.80 bits per heavy atom. The molecule has 10 heavy (non-hydrogen) atoms. The van der Waals surface area contributed by atoms with Crippen molar-refractivity contribution in [2.45, 2.75) is 30.5 Å². The molecule has 0 aliphatic heterocycles. The molecule has 0 spiro atoms. The summed E-state index contributed by atoms with van der Waals surface area (Å²) < 4.78 is 0.871. The Morgan fingerprint density at radius 3 is 2.90 bits per heavy atom. The summed E-state index contributed by atoms with van der Waals surface area (Å²) in [5.41, 5.74) is 0. The van der Waals surface area contributed by atoms with Crippen LogP contribution in [0, 0.1) is 0 Å². The number of hydrogen-bond acceptors (Lipinski definition) is 3. The van der Waals surface area contributed by atoms with Crippen molar-refractivity contribution in [1.82, 2.24) is 4.98 Å². The molecule has 3 heteroatoms. The van der Waals surface area contributed by atoms with Gasteiger partial charge in [0.05, 0.1) is 0 Å². The average molecular weight is 173 g/mol. The standard InChI is InChI=1S/C7H11NS2/c1-3-5(2)6-4-8-7(9)10-6/h4-5H,3H2,1-2H3,(H,8,9). The third-order valence-corrected chi connectivity index (χ3v) is 3.03. The summed E-state index contributed by atoms with van der Waals surface area (Å²) in [5.74, 6) is 0.637. The molecule has 0 saturated carbocycles. The lowest BCUT2D eigenvalue weighted by atomic mass is 10.1. The summed E-state index contributed by atoms with van der Waals surface area (Å²) in [6.07, 6.45) is 3.09. The Bertz CT molecular complexity index is 207. The lowest BCUT2D eigenvalue weighted by Gasteiger charge is -2.01. The fourth-order valence-electron chi connectivity index (χ4n) is 0.706. The van der Waals surface area contributed by atoms with E-state index in [0.717, 1.165) is 4.34 Å². The van der Waals surface area contributed by atoms with E-state index in [0.29, 0.717) is 5.92 Å². The highest BCUT2D eigenvalue weighted by atomic mass is 32.2. The van der Waals surface area contributed by atoms with Crippen LogP contribution in [0.3, 0.4) is 0 Å². The van der Waals surface area contributed by atoms with Crippen LogP contribution in [0.25, 0.3) is 0 Å². The van der Waals surface area contributed by atoms with Crippen molar-refractivity contribution >= 4 is 24.0 Å². The van der Waals surface area contributed by atoms with Gasteiger partial charge in [-0.15, -0.1) is 24.0 Å². The van der Waals surface area contributed by atoms with Crippen molar-refractivity contribution in [3.05, 3.63) is 11.1 Å². The molecule has 0 radical (unpaired) electrons. The van der Waals surface area contributed by atoms with Crippen molar-refractivity contribution in [3.63, 3.8) is 0 Å². The zero-order valence-corrected chi connectivity index (χ0v) is 7.88. The number of hydrogen-bond donors (Lipinski definition) is 1. The van der Waals surface area contributed by atoms with Crippen LogP contribution in [0.5, 0.6) is 0 Å². The van der Waals surface area contributed by atoms with E-state index in [1.165, 1.54) is 11.3 Å². The molecule has 0 bridgehead atoms. The van der Waals surface area contributed by atoms with Crippen LogP contribution in [-0.4, -0.2) is 4.98 Å². The second-order valence-corrected chi connectivity index (χ2v) is 4.14. The van der Waals surface area contributed by atoms with E-state index in [-0.39, 0.29) is 0 Å². The predicted molar refractivity (Wildman–Crippen MR) is 48.1 cm³/mol. The number of rotatable bonds is 2. The maximum absolute atomic E-state index is 4.15. The first kappa shape index (κ1) is 8.08. The second-order valence-electron chi connectivity index (χ2n) is 2.35. The smallest absolute Gasteiger partial charge is 0.146 e. The van der Waals surface area contributed by atoms with Gasteiger partial charge in [-0.05, 0) is 12.3 Å². The summed E-state index contributed by atoms with van der Waals surface area (Å²) in [7, 11) is 0. The Labute approximate surface area is 70.9 Å². The number of thiazole rings is 1.